The Morgan fingerprint density at radius 2 is 1.40 bits per heavy atom. The first-order chi connectivity index (χ1) is 17.1. The zero-order chi connectivity index (χ0) is 23.9. The fourth-order valence-electron chi connectivity index (χ4n) is 4.46. The number of halogens is 1. The highest BCUT2D eigenvalue weighted by Gasteiger charge is 2.42. The van der Waals surface area contributed by atoms with Gasteiger partial charge in [0, 0.05) is 23.3 Å². The Bertz CT molecular complexity index is 1590. The van der Waals surface area contributed by atoms with Crippen LogP contribution in [0.5, 0.6) is 0 Å². The van der Waals surface area contributed by atoms with Crippen molar-refractivity contribution in [2.45, 2.75) is 6.04 Å². The van der Waals surface area contributed by atoms with Crippen LogP contribution in [-0.2, 0) is 0 Å². The molecular weight excluding hydrogens is 460 g/mol. The smallest absolute Gasteiger partial charge is 0.262 e. The maximum atomic E-state index is 13.4. The van der Waals surface area contributed by atoms with Gasteiger partial charge >= 0.3 is 0 Å². The molecule has 0 bridgehead atoms. The van der Waals surface area contributed by atoms with Crippen molar-refractivity contribution >= 4 is 34.3 Å². The van der Waals surface area contributed by atoms with Crippen LogP contribution in [0, 0.1) is 0 Å². The molecule has 1 aliphatic heterocycles. The van der Waals surface area contributed by atoms with Gasteiger partial charge in [-0.2, -0.15) is 0 Å². The number of rotatable bonds is 4. The van der Waals surface area contributed by atoms with E-state index in [-0.39, 0.29) is 5.15 Å². The van der Waals surface area contributed by atoms with Crippen molar-refractivity contribution < 1.29 is 9.59 Å². The summed E-state index contributed by atoms with van der Waals surface area (Å²) in [5, 5.41) is 1.06. The predicted molar refractivity (Wildman–Crippen MR) is 133 cm³/mol. The minimum absolute atomic E-state index is 0.125. The lowest BCUT2D eigenvalue weighted by Crippen LogP contribution is -2.35. The molecule has 0 unspecified atom stereocenters. The van der Waals surface area contributed by atoms with Gasteiger partial charge in [0.25, 0.3) is 11.8 Å². The van der Waals surface area contributed by atoms with E-state index in [0.29, 0.717) is 22.4 Å². The lowest BCUT2D eigenvalue weighted by Gasteiger charge is -2.26. The third-order valence-electron chi connectivity index (χ3n) is 6.12. The second-order valence-electron chi connectivity index (χ2n) is 8.18. The van der Waals surface area contributed by atoms with Crippen LogP contribution in [0.4, 0.5) is 0 Å². The molecule has 5 aromatic rings. The Kier molecular flexibility index (Phi) is 5.08. The molecule has 0 N–H and O–H groups in total. The fraction of sp³-hybridized carbons (Fsp3) is 0.0357. The Labute approximate surface area is 205 Å². The van der Waals surface area contributed by atoms with Gasteiger partial charge in [-0.15, -0.1) is 0 Å². The van der Waals surface area contributed by atoms with E-state index in [2.05, 4.69) is 9.97 Å². The number of amides is 2. The molecule has 1 atom stereocenters. The average Bonchev–Trinajstić information content (AvgIpc) is 3.15. The van der Waals surface area contributed by atoms with Gasteiger partial charge in [-0.25, -0.2) is 9.97 Å². The lowest BCUT2D eigenvalue weighted by molar-refractivity contribution is 0.0606. The van der Waals surface area contributed by atoms with Crippen molar-refractivity contribution in [1.82, 2.24) is 19.9 Å². The van der Waals surface area contributed by atoms with E-state index < -0.39 is 17.9 Å². The van der Waals surface area contributed by atoms with Crippen molar-refractivity contribution in [3.63, 3.8) is 0 Å². The summed E-state index contributed by atoms with van der Waals surface area (Å²) in [7, 11) is 0. The van der Waals surface area contributed by atoms with Crippen LogP contribution in [0.2, 0.25) is 5.15 Å². The minimum Gasteiger partial charge on any atom is -0.269 e. The van der Waals surface area contributed by atoms with Crippen LogP contribution in [0.1, 0.15) is 38.0 Å². The third-order valence-corrected chi connectivity index (χ3v) is 6.41. The second-order valence-corrected chi connectivity index (χ2v) is 8.53. The first-order valence-corrected chi connectivity index (χ1v) is 11.4. The molecule has 35 heavy (non-hydrogen) atoms. The summed E-state index contributed by atoms with van der Waals surface area (Å²) in [4.78, 5) is 41.4. The molecule has 1 aliphatic rings. The summed E-state index contributed by atoms with van der Waals surface area (Å²) in [6, 6.07) is 25.4. The molecule has 0 aliphatic carbocycles. The highest BCUT2D eigenvalue weighted by Crippen LogP contribution is 2.38. The van der Waals surface area contributed by atoms with Gasteiger partial charge in [0.2, 0.25) is 0 Å². The number of carbonyl (C=O) groups excluding carboxylic acids is 2. The Hall–Kier alpha value is -4.42. The first-order valence-electron chi connectivity index (χ1n) is 11.0. The number of hydrogen-bond acceptors (Lipinski definition) is 5. The predicted octanol–water partition coefficient (Wildman–Crippen LogP) is 5.73. The van der Waals surface area contributed by atoms with Crippen molar-refractivity contribution in [3.8, 4) is 11.3 Å². The molecule has 3 heterocycles. The summed E-state index contributed by atoms with van der Waals surface area (Å²) >= 11 is 6.44. The molecule has 3 aromatic carbocycles. The quantitative estimate of drug-likeness (QED) is 0.309. The standard InChI is InChI=1S/C28H17ClN4O2/c29-26-24(30-14-15-31-26)25(33-27(34)20-8-4-5-9-21(20)28(33)35)19-11-10-18-12-13-22(32-23(18)16-19)17-6-2-1-3-7-17/h1-16,25H/t25-/m1/s1. The van der Waals surface area contributed by atoms with E-state index in [1.807, 2.05) is 60.7 Å². The number of fused-ring (bicyclic) bond motifs is 2. The number of nitrogens with zero attached hydrogens (tertiary/aromatic N) is 4. The fourth-order valence-corrected chi connectivity index (χ4v) is 4.67. The van der Waals surface area contributed by atoms with Crippen LogP contribution in [-0.4, -0.2) is 31.7 Å². The van der Waals surface area contributed by atoms with E-state index in [9.17, 15) is 9.59 Å². The van der Waals surface area contributed by atoms with Gasteiger partial charge < -0.3 is 0 Å². The van der Waals surface area contributed by atoms with Crippen LogP contribution in [0.15, 0.2) is 97.3 Å². The maximum absolute atomic E-state index is 13.4. The molecule has 0 fully saturated rings. The summed E-state index contributed by atoms with van der Waals surface area (Å²) < 4.78 is 0. The van der Waals surface area contributed by atoms with Crippen LogP contribution in [0.25, 0.3) is 22.2 Å². The van der Waals surface area contributed by atoms with E-state index in [4.69, 9.17) is 16.6 Å². The Morgan fingerprint density at radius 1 is 0.743 bits per heavy atom. The Balaban J connectivity index is 1.53. The monoisotopic (exact) mass is 476 g/mol. The normalized spacial score (nSPS) is 13.8. The van der Waals surface area contributed by atoms with Crippen LogP contribution < -0.4 is 0 Å². The highest BCUT2D eigenvalue weighted by atomic mass is 35.5. The van der Waals surface area contributed by atoms with Gasteiger partial charge in [0.15, 0.2) is 5.15 Å². The molecule has 6 nitrogen and oxygen atoms in total. The van der Waals surface area contributed by atoms with Gasteiger partial charge in [-0.05, 0) is 29.8 Å². The maximum Gasteiger partial charge on any atom is 0.262 e. The van der Waals surface area contributed by atoms with Crippen molar-refractivity contribution in [2.24, 2.45) is 0 Å². The van der Waals surface area contributed by atoms with Gasteiger partial charge in [0.05, 0.1) is 22.3 Å². The summed E-state index contributed by atoms with van der Waals surface area (Å²) in [6.07, 6.45) is 2.97. The zero-order valence-electron chi connectivity index (χ0n) is 18.3. The SMILES string of the molecule is O=C1c2ccccc2C(=O)N1[C@H](c1ccc2ccc(-c3ccccc3)nc2c1)c1nccnc1Cl. The lowest BCUT2D eigenvalue weighted by atomic mass is 9.99. The zero-order valence-corrected chi connectivity index (χ0v) is 19.1. The molecule has 0 spiro atoms. The highest BCUT2D eigenvalue weighted by molar-refractivity contribution is 6.30. The van der Waals surface area contributed by atoms with Gasteiger partial charge in [-0.3, -0.25) is 19.5 Å². The molecular formula is C28H17ClN4O2. The Morgan fingerprint density at radius 3 is 2.11 bits per heavy atom. The molecule has 2 aromatic heterocycles. The number of imide groups is 1. The topological polar surface area (TPSA) is 76.1 Å². The summed E-state index contributed by atoms with van der Waals surface area (Å²) in [5.41, 5.74) is 4.24. The average molecular weight is 477 g/mol. The number of benzene rings is 3. The number of pyridine rings is 1. The summed E-state index contributed by atoms with van der Waals surface area (Å²) in [6.45, 7) is 0. The van der Waals surface area contributed by atoms with Crippen molar-refractivity contribution in [2.75, 3.05) is 0 Å². The van der Waals surface area contributed by atoms with E-state index in [1.54, 1.807) is 24.3 Å². The van der Waals surface area contributed by atoms with Gasteiger partial charge in [-0.1, -0.05) is 72.3 Å². The van der Waals surface area contributed by atoms with E-state index in [1.165, 1.54) is 17.3 Å². The minimum atomic E-state index is -0.866. The summed E-state index contributed by atoms with van der Waals surface area (Å²) in [5.74, 6) is -0.799. The largest absolute Gasteiger partial charge is 0.269 e. The van der Waals surface area contributed by atoms with E-state index >= 15 is 0 Å². The molecule has 0 saturated carbocycles. The second kappa shape index (κ2) is 8.42. The van der Waals surface area contributed by atoms with Crippen LogP contribution >= 0.6 is 11.6 Å². The van der Waals surface area contributed by atoms with Crippen molar-refractivity contribution in [1.29, 1.82) is 0 Å². The first kappa shape index (κ1) is 21.1. The molecule has 6 rings (SSSR count). The molecule has 7 heteroatoms. The number of hydrogen-bond donors (Lipinski definition) is 0. The molecule has 168 valence electrons. The number of aromatic nitrogens is 3. The third kappa shape index (κ3) is 3.55. The van der Waals surface area contributed by atoms with Gasteiger partial charge in [0.1, 0.15) is 11.7 Å². The van der Waals surface area contributed by atoms with Crippen LogP contribution in [0.3, 0.4) is 0 Å². The molecule has 0 radical (unpaired) electrons. The van der Waals surface area contributed by atoms with E-state index in [0.717, 1.165) is 22.2 Å². The number of carbonyl (C=O) groups is 2. The molecule has 0 saturated heterocycles. The molecule has 2 amide bonds. The van der Waals surface area contributed by atoms with Crippen molar-refractivity contribution in [3.05, 3.63) is 125 Å².